The molecule has 0 radical (unpaired) electrons. The number of thiazole rings is 1. The molecule has 1 saturated heterocycles. The summed E-state index contributed by atoms with van der Waals surface area (Å²) in [7, 11) is 0. The Morgan fingerprint density at radius 2 is 2.09 bits per heavy atom. The predicted octanol–water partition coefficient (Wildman–Crippen LogP) is 3.73. The molecule has 1 atom stereocenters. The van der Waals surface area contributed by atoms with Crippen LogP contribution in [0.5, 0.6) is 11.5 Å². The number of benzene rings is 1. The SMILES string of the molecule is Cc1nc(-c2cccnc2)sc1C(=O)N1CCCC(C(=O)Nc2ccc3c(c2)OCO3)C1. The van der Waals surface area contributed by atoms with E-state index in [-0.39, 0.29) is 24.5 Å². The molecule has 1 N–H and O–H groups in total. The van der Waals surface area contributed by atoms with E-state index in [1.165, 1.54) is 11.3 Å². The first-order valence-corrected chi connectivity index (χ1v) is 11.3. The number of likely N-dealkylation sites (tertiary alicyclic amines) is 1. The summed E-state index contributed by atoms with van der Waals surface area (Å²) in [5.41, 5.74) is 2.24. The van der Waals surface area contributed by atoms with Gasteiger partial charge in [0.1, 0.15) is 9.88 Å². The molecular weight excluding hydrogens is 428 g/mol. The summed E-state index contributed by atoms with van der Waals surface area (Å²) in [5, 5.41) is 3.72. The Morgan fingerprint density at radius 3 is 2.94 bits per heavy atom. The molecule has 32 heavy (non-hydrogen) atoms. The second-order valence-corrected chi connectivity index (χ2v) is 8.82. The molecule has 0 spiro atoms. The van der Waals surface area contributed by atoms with Crippen molar-refractivity contribution in [1.29, 1.82) is 0 Å². The molecule has 9 heteroatoms. The number of rotatable bonds is 4. The van der Waals surface area contributed by atoms with Crippen LogP contribution in [0, 0.1) is 12.8 Å². The summed E-state index contributed by atoms with van der Waals surface area (Å²) in [6.07, 6.45) is 4.96. The van der Waals surface area contributed by atoms with Gasteiger partial charge in [0.25, 0.3) is 5.91 Å². The number of ether oxygens (including phenoxy) is 2. The van der Waals surface area contributed by atoms with Crippen molar-refractivity contribution in [1.82, 2.24) is 14.9 Å². The molecule has 2 aliphatic rings. The van der Waals surface area contributed by atoms with E-state index in [0.29, 0.717) is 40.8 Å². The van der Waals surface area contributed by atoms with Gasteiger partial charge in [0.2, 0.25) is 12.7 Å². The second kappa shape index (κ2) is 8.58. The molecule has 2 amide bonds. The monoisotopic (exact) mass is 450 g/mol. The number of nitrogens with one attached hydrogen (secondary N) is 1. The van der Waals surface area contributed by atoms with Crippen LogP contribution < -0.4 is 14.8 Å². The van der Waals surface area contributed by atoms with E-state index < -0.39 is 0 Å². The molecule has 0 bridgehead atoms. The van der Waals surface area contributed by atoms with Gasteiger partial charge in [0, 0.05) is 42.8 Å². The fraction of sp³-hybridized carbons (Fsp3) is 0.304. The second-order valence-electron chi connectivity index (χ2n) is 7.82. The van der Waals surface area contributed by atoms with E-state index in [2.05, 4.69) is 15.3 Å². The zero-order valence-corrected chi connectivity index (χ0v) is 18.4. The maximum Gasteiger partial charge on any atom is 0.265 e. The number of aryl methyl sites for hydroxylation is 1. The molecule has 4 heterocycles. The van der Waals surface area contributed by atoms with E-state index in [1.54, 1.807) is 35.5 Å². The Morgan fingerprint density at radius 1 is 1.22 bits per heavy atom. The number of hydrogen-bond acceptors (Lipinski definition) is 7. The van der Waals surface area contributed by atoms with Crippen LogP contribution >= 0.6 is 11.3 Å². The van der Waals surface area contributed by atoms with Gasteiger partial charge in [-0.25, -0.2) is 4.98 Å². The minimum Gasteiger partial charge on any atom is -0.454 e. The highest BCUT2D eigenvalue weighted by Crippen LogP contribution is 2.35. The van der Waals surface area contributed by atoms with Gasteiger partial charge in [-0.3, -0.25) is 14.6 Å². The van der Waals surface area contributed by atoms with Gasteiger partial charge >= 0.3 is 0 Å². The summed E-state index contributed by atoms with van der Waals surface area (Å²) >= 11 is 1.37. The third-order valence-corrected chi connectivity index (χ3v) is 6.81. The molecule has 1 aromatic carbocycles. The highest BCUT2D eigenvalue weighted by Gasteiger charge is 2.31. The molecule has 2 aliphatic heterocycles. The summed E-state index contributed by atoms with van der Waals surface area (Å²) in [5.74, 6) is 0.842. The first-order valence-electron chi connectivity index (χ1n) is 10.5. The highest BCUT2D eigenvalue weighted by molar-refractivity contribution is 7.17. The van der Waals surface area contributed by atoms with Crippen LogP contribution in [-0.2, 0) is 4.79 Å². The van der Waals surface area contributed by atoms with E-state index in [1.807, 2.05) is 19.1 Å². The predicted molar refractivity (Wildman–Crippen MR) is 120 cm³/mol. The topological polar surface area (TPSA) is 93.7 Å². The van der Waals surface area contributed by atoms with Crippen molar-refractivity contribution in [3.8, 4) is 22.1 Å². The maximum atomic E-state index is 13.2. The fourth-order valence-corrected chi connectivity index (χ4v) is 4.97. The number of fused-ring (bicyclic) bond motifs is 1. The molecule has 0 saturated carbocycles. The Hall–Kier alpha value is -3.46. The smallest absolute Gasteiger partial charge is 0.265 e. The van der Waals surface area contributed by atoms with E-state index >= 15 is 0 Å². The van der Waals surface area contributed by atoms with Gasteiger partial charge < -0.3 is 19.7 Å². The molecule has 2 aromatic heterocycles. The Labute approximate surface area is 189 Å². The van der Waals surface area contributed by atoms with E-state index in [0.717, 1.165) is 23.4 Å². The number of pyridine rings is 1. The quantitative estimate of drug-likeness (QED) is 0.651. The maximum absolute atomic E-state index is 13.2. The van der Waals surface area contributed by atoms with Crippen LogP contribution in [0.15, 0.2) is 42.7 Å². The lowest BCUT2D eigenvalue weighted by Gasteiger charge is -2.31. The number of carbonyl (C=O) groups excluding carboxylic acids is 2. The third-order valence-electron chi connectivity index (χ3n) is 5.62. The Kier molecular flexibility index (Phi) is 5.48. The molecule has 5 rings (SSSR count). The zero-order valence-electron chi connectivity index (χ0n) is 17.5. The van der Waals surface area contributed by atoms with Crippen molar-refractivity contribution >= 4 is 28.8 Å². The number of carbonyl (C=O) groups is 2. The standard InChI is InChI=1S/C23H22N4O4S/c1-14-20(32-22(25-14)15-4-2-8-24-11-15)23(29)27-9-3-5-16(12-27)21(28)26-17-6-7-18-19(10-17)31-13-30-18/h2,4,6-8,10-11,16H,3,5,9,12-13H2,1H3,(H,26,28). The minimum atomic E-state index is -0.274. The van der Waals surface area contributed by atoms with Crippen LogP contribution in [-0.4, -0.2) is 46.6 Å². The van der Waals surface area contributed by atoms with Crippen molar-refractivity contribution < 1.29 is 19.1 Å². The molecule has 1 fully saturated rings. The lowest BCUT2D eigenvalue weighted by atomic mass is 9.96. The van der Waals surface area contributed by atoms with Gasteiger partial charge in [-0.2, -0.15) is 0 Å². The van der Waals surface area contributed by atoms with Gasteiger partial charge in [0.15, 0.2) is 11.5 Å². The molecule has 164 valence electrons. The summed E-state index contributed by atoms with van der Waals surface area (Å²) < 4.78 is 10.7. The Balaban J connectivity index is 1.27. The minimum absolute atomic E-state index is 0.0734. The lowest BCUT2D eigenvalue weighted by molar-refractivity contribution is -0.121. The average molecular weight is 451 g/mol. The zero-order chi connectivity index (χ0) is 22.1. The first kappa shape index (κ1) is 20.4. The molecule has 8 nitrogen and oxygen atoms in total. The number of amides is 2. The molecule has 1 unspecified atom stereocenters. The van der Waals surface area contributed by atoms with Crippen LogP contribution in [0.1, 0.15) is 28.2 Å². The number of anilines is 1. The highest BCUT2D eigenvalue weighted by atomic mass is 32.1. The number of nitrogens with zero attached hydrogens (tertiary/aromatic N) is 3. The van der Waals surface area contributed by atoms with Crippen molar-refractivity contribution in [3.63, 3.8) is 0 Å². The van der Waals surface area contributed by atoms with Crippen molar-refractivity contribution in [3.05, 3.63) is 53.3 Å². The number of hydrogen-bond donors (Lipinski definition) is 1. The van der Waals surface area contributed by atoms with Gasteiger partial charge in [0.05, 0.1) is 11.6 Å². The van der Waals surface area contributed by atoms with Crippen LogP contribution in [0.4, 0.5) is 5.69 Å². The van der Waals surface area contributed by atoms with Crippen LogP contribution in [0.3, 0.4) is 0 Å². The van der Waals surface area contributed by atoms with E-state index in [4.69, 9.17) is 9.47 Å². The Bertz CT molecular complexity index is 1160. The van der Waals surface area contributed by atoms with E-state index in [9.17, 15) is 9.59 Å². The normalized spacial score (nSPS) is 17.3. The third kappa shape index (κ3) is 4.03. The summed E-state index contributed by atoms with van der Waals surface area (Å²) in [6.45, 7) is 3.05. The van der Waals surface area contributed by atoms with Gasteiger partial charge in [-0.15, -0.1) is 11.3 Å². The lowest BCUT2D eigenvalue weighted by Crippen LogP contribution is -2.43. The van der Waals surface area contributed by atoms with Gasteiger partial charge in [-0.05, 0) is 44.0 Å². The first-order chi connectivity index (χ1) is 15.6. The fourth-order valence-electron chi connectivity index (χ4n) is 3.95. The average Bonchev–Trinajstić information content (AvgIpc) is 3.45. The largest absolute Gasteiger partial charge is 0.454 e. The van der Waals surface area contributed by atoms with Crippen molar-refractivity contribution in [2.24, 2.45) is 5.92 Å². The van der Waals surface area contributed by atoms with Crippen molar-refractivity contribution in [2.75, 3.05) is 25.2 Å². The number of aromatic nitrogens is 2. The summed E-state index contributed by atoms with van der Waals surface area (Å²) in [4.78, 5) is 37.2. The number of piperidine rings is 1. The van der Waals surface area contributed by atoms with Crippen molar-refractivity contribution in [2.45, 2.75) is 19.8 Å². The van der Waals surface area contributed by atoms with Crippen LogP contribution in [0.2, 0.25) is 0 Å². The molecule has 3 aromatic rings. The van der Waals surface area contributed by atoms with Crippen LogP contribution in [0.25, 0.3) is 10.6 Å². The molecule has 0 aliphatic carbocycles. The summed E-state index contributed by atoms with van der Waals surface area (Å²) in [6, 6.07) is 9.10. The molecular formula is C23H22N4O4S. The van der Waals surface area contributed by atoms with Gasteiger partial charge in [-0.1, -0.05) is 0 Å².